The van der Waals surface area contributed by atoms with Gasteiger partial charge < -0.3 is 9.47 Å². The molecule has 1 aliphatic rings. The van der Waals surface area contributed by atoms with Crippen LogP contribution < -0.4 is 25.8 Å². The molecule has 0 fully saturated rings. The van der Waals surface area contributed by atoms with Crippen LogP contribution in [0.4, 0.5) is 0 Å². The zero-order valence-corrected chi connectivity index (χ0v) is 10.7. The van der Waals surface area contributed by atoms with Gasteiger partial charge in [0.25, 0.3) is 5.43 Å². The smallest absolute Gasteiger partial charge is 0.273 e. The van der Waals surface area contributed by atoms with E-state index in [1.54, 1.807) is 24.3 Å². The Bertz CT molecular complexity index is 1030. The molecule has 4 rings (SSSR count). The Hall–Kier alpha value is -2.95. The van der Waals surface area contributed by atoms with Gasteiger partial charge in [-0.25, -0.2) is 0 Å². The van der Waals surface area contributed by atoms with Crippen LogP contribution in [0.5, 0.6) is 11.5 Å². The van der Waals surface area contributed by atoms with Crippen LogP contribution in [0.1, 0.15) is 0 Å². The zero-order valence-electron chi connectivity index (χ0n) is 10.7. The predicted octanol–water partition coefficient (Wildman–Crippen LogP) is 1.19. The number of hydrogen-bond acceptors (Lipinski definition) is 5. The molecule has 0 bridgehead atoms. The summed E-state index contributed by atoms with van der Waals surface area (Å²) in [7, 11) is 0. The van der Waals surface area contributed by atoms with Crippen molar-refractivity contribution in [2.24, 2.45) is 0 Å². The first-order valence-corrected chi connectivity index (χ1v) is 6.32. The molecule has 0 N–H and O–H groups in total. The third kappa shape index (κ3) is 1.61. The van der Waals surface area contributed by atoms with Crippen LogP contribution in [0.15, 0.2) is 50.8 Å². The summed E-state index contributed by atoms with van der Waals surface area (Å²) in [6, 6.07) is 10.2. The van der Waals surface area contributed by atoms with E-state index in [1.165, 1.54) is 6.07 Å². The van der Waals surface area contributed by atoms with Gasteiger partial charge in [0.05, 0.1) is 0 Å². The van der Waals surface area contributed by atoms with E-state index < -0.39 is 16.3 Å². The summed E-state index contributed by atoms with van der Waals surface area (Å²) in [5.74, 6) is 1.30. The molecule has 1 heterocycles. The van der Waals surface area contributed by atoms with E-state index in [0.717, 1.165) is 11.1 Å². The second kappa shape index (κ2) is 4.02. The molecule has 0 atom stereocenters. The Labute approximate surface area is 117 Å². The number of benzene rings is 2. The van der Waals surface area contributed by atoms with Gasteiger partial charge in [-0.3, -0.25) is 14.4 Å². The number of fused-ring (bicyclic) bond motifs is 2. The van der Waals surface area contributed by atoms with Gasteiger partial charge >= 0.3 is 0 Å². The molecular formula is C16H8O5. The van der Waals surface area contributed by atoms with E-state index in [1.807, 2.05) is 6.07 Å². The van der Waals surface area contributed by atoms with Crippen molar-refractivity contribution in [2.75, 3.05) is 6.79 Å². The first kappa shape index (κ1) is 11.8. The van der Waals surface area contributed by atoms with Crippen LogP contribution >= 0.6 is 0 Å². The SMILES string of the molecule is O=c1c(=O)c2ccc(-c3ccc4c(c3)OCO4)cc2c1=O. The normalized spacial score (nSPS) is 13.0. The molecule has 21 heavy (non-hydrogen) atoms. The highest BCUT2D eigenvalue weighted by Crippen LogP contribution is 2.36. The van der Waals surface area contributed by atoms with Gasteiger partial charge in [0.15, 0.2) is 11.5 Å². The van der Waals surface area contributed by atoms with E-state index in [2.05, 4.69) is 0 Å². The van der Waals surface area contributed by atoms with E-state index in [-0.39, 0.29) is 17.6 Å². The van der Waals surface area contributed by atoms with Crippen molar-refractivity contribution < 1.29 is 9.47 Å². The van der Waals surface area contributed by atoms with Crippen LogP contribution in [0.2, 0.25) is 0 Å². The van der Waals surface area contributed by atoms with Crippen LogP contribution in [0.3, 0.4) is 0 Å². The van der Waals surface area contributed by atoms with Crippen molar-refractivity contribution >= 4 is 10.8 Å². The van der Waals surface area contributed by atoms with E-state index in [4.69, 9.17) is 9.47 Å². The molecule has 5 heteroatoms. The van der Waals surface area contributed by atoms with Gasteiger partial charge in [-0.2, -0.15) is 0 Å². The van der Waals surface area contributed by atoms with E-state index >= 15 is 0 Å². The minimum Gasteiger partial charge on any atom is -0.454 e. The minimum absolute atomic E-state index is 0.167. The summed E-state index contributed by atoms with van der Waals surface area (Å²) in [4.78, 5) is 34.8. The first-order valence-electron chi connectivity index (χ1n) is 6.32. The molecule has 0 saturated heterocycles. The van der Waals surface area contributed by atoms with Crippen LogP contribution in [-0.4, -0.2) is 6.79 Å². The van der Waals surface area contributed by atoms with Gasteiger partial charge in [-0.15, -0.1) is 0 Å². The maximum Gasteiger partial charge on any atom is 0.273 e. The van der Waals surface area contributed by atoms with Crippen molar-refractivity contribution in [3.05, 3.63) is 67.1 Å². The molecule has 1 aliphatic heterocycles. The highest BCUT2D eigenvalue weighted by atomic mass is 16.7. The average Bonchev–Trinajstić information content (AvgIpc) is 3.06. The average molecular weight is 280 g/mol. The summed E-state index contributed by atoms with van der Waals surface area (Å²) in [6.45, 7) is 0.185. The number of rotatable bonds is 1. The molecule has 0 radical (unpaired) electrons. The predicted molar refractivity (Wildman–Crippen MR) is 76.7 cm³/mol. The fourth-order valence-electron chi connectivity index (χ4n) is 2.53. The molecule has 3 aromatic carbocycles. The fraction of sp³-hybridized carbons (Fsp3) is 0.0625. The topological polar surface area (TPSA) is 69.7 Å². The van der Waals surface area contributed by atoms with Crippen LogP contribution in [0.25, 0.3) is 21.9 Å². The Morgan fingerprint density at radius 3 is 2.19 bits per heavy atom. The van der Waals surface area contributed by atoms with E-state index in [9.17, 15) is 14.4 Å². The molecule has 102 valence electrons. The molecule has 0 amide bonds. The molecule has 0 spiro atoms. The number of hydrogen-bond donors (Lipinski definition) is 0. The lowest BCUT2D eigenvalue weighted by Crippen LogP contribution is -2.29. The molecule has 0 unspecified atom stereocenters. The molecule has 0 aliphatic carbocycles. The second-order valence-corrected chi connectivity index (χ2v) is 4.82. The van der Waals surface area contributed by atoms with E-state index in [0.29, 0.717) is 11.5 Å². The Morgan fingerprint density at radius 1 is 0.667 bits per heavy atom. The second-order valence-electron chi connectivity index (χ2n) is 4.82. The van der Waals surface area contributed by atoms with Gasteiger partial charge in [0.2, 0.25) is 17.7 Å². The Morgan fingerprint density at radius 2 is 1.33 bits per heavy atom. The summed E-state index contributed by atoms with van der Waals surface area (Å²) in [5.41, 5.74) is -0.873. The maximum atomic E-state index is 11.8. The van der Waals surface area contributed by atoms with Gasteiger partial charge in [0.1, 0.15) is 0 Å². The van der Waals surface area contributed by atoms with Crippen molar-refractivity contribution in [2.45, 2.75) is 0 Å². The summed E-state index contributed by atoms with van der Waals surface area (Å²) in [6.07, 6.45) is 0. The largest absolute Gasteiger partial charge is 0.454 e. The lowest BCUT2D eigenvalue weighted by molar-refractivity contribution is 0.174. The Kier molecular flexibility index (Phi) is 2.27. The molecular weight excluding hydrogens is 272 g/mol. The van der Waals surface area contributed by atoms with Crippen molar-refractivity contribution in [3.8, 4) is 22.6 Å². The van der Waals surface area contributed by atoms with Crippen molar-refractivity contribution in [1.82, 2.24) is 0 Å². The summed E-state index contributed by atoms with van der Waals surface area (Å²) >= 11 is 0. The summed E-state index contributed by atoms with van der Waals surface area (Å²) in [5, 5.41) is 0.342. The van der Waals surface area contributed by atoms with Crippen LogP contribution in [0, 0.1) is 0 Å². The number of ether oxygens (including phenoxy) is 2. The molecule has 5 nitrogen and oxygen atoms in total. The van der Waals surface area contributed by atoms with Gasteiger partial charge in [-0.1, -0.05) is 12.1 Å². The fourth-order valence-corrected chi connectivity index (χ4v) is 2.53. The molecule has 0 saturated carbocycles. The summed E-state index contributed by atoms with van der Waals surface area (Å²) < 4.78 is 10.6. The maximum absolute atomic E-state index is 11.8. The van der Waals surface area contributed by atoms with Crippen LogP contribution in [-0.2, 0) is 0 Å². The van der Waals surface area contributed by atoms with Crippen molar-refractivity contribution in [3.63, 3.8) is 0 Å². The lowest BCUT2D eigenvalue weighted by atomic mass is 10.0. The first-order chi connectivity index (χ1) is 10.1. The minimum atomic E-state index is -0.965. The van der Waals surface area contributed by atoms with Gasteiger partial charge in [-0.05, 0) is 35.4 Å². The van der Waals surface area contributed by atoms with Crippen molar-refractivity contribution in [1.29, 1.82) is 0 Å². The molecule has 3 aromatic rings. The third-order valence-corrected chi connectivity index (χ3v) is 3.63. The monoisotopic (exact) mass is 280 g/mol. The quantitative estimate of drug-likeness (QED) is 0.626. The molecule has 0 aromatic heterocycles. The standard InChI is InChI=1S/C16H8O5/c17-14-10-3-1-8(5-11(10)15(18)16(14)19)9-2-4-12-13(6-9)21-7-20-12/h1-6H,7H2. The highest BCUT2D eigenvalue weighted by Gasteiger charge is 2.16. The lowest BCUT2D eigenvalue weighted by Gasteiger charge is -2.03. The third-order valence-electron chi connectivity index (χ3n) is 3.63. The zero-order chi connectivity index (χ0) is 14.6. The highest BCUT2D eigenvalue weighted by molar-refractivity contribution is 5.88. The van der Waals surface area contributed by atoms with Gasteiger partial charge in [0, 0.05) is 10.8 Å². The Balaban J connectivity index is 1.95.